The number of rotatable bonds is 5. The van der Waals surface area contributed by atoms with Crippen molar-refractivity contribution in [3.05, 3.63) is 23.3 Å². The lowest BCUT2D eigenvalue weighted by Crippen LogP contribution is -2.43. The van der Waals surface area contributed by atoms with E-state index in [1.54, 1.807) is 0 Å². The molecule has 1 aromatic rings. The molecule has 0 atom stereocenters. The van der Waals surface area contributed by atoms with Crippen LogP contribution >= 0.6 is 0 Å². The van der Waals surface area contributed by atoms with Crippen LogP contribution in [-0.4, -0.2) is 47.6 Å². The van der Waals surface area contributed by atoms with Crippen LogP contribution in [0.3, 0.4) is 0 Å². The van der Waals surface area contributed by atoms with Crippen LogP contribution in [0, 0.1) is 6.92 Å². The lowest BCUT2D eigenvalue weighted by atomic mass is 10.1. The first kappa shape index (κ1) is 14.4. The molecule has 0 unspecified atom stereocenters. The highest BCUT2D eigenvalue weighted by molar-refractivity contribution is 5.13. The summed E-state index contributed by atoms with van der Waals surface area (Å²) in [6.45, 7) is 12.2. The molecule has 0 spiro atoms. The normalized spacial score (nSPS) is 17.1. The zero-order chi connectivity index (χ0) is 13.7. The number of piperazine rings is 1. The van der Waals surface area contributed by atoms with E-state index < -0.39 is 0 Å². The van der Waals surface area contributed by atoms with Crippen LogP contribution < -0.4 is 5.32 Å². The first-order valence-electron chi connectivity index (χ1n) is 7.42. The van der Waals surface area contributed by atoms with Crippen molar-refractivity contribution in [2.24, 2.45) is 0 Å². The van der Waals surface area contributed by atoms with Gasteiger partial charge in [0.2, 0.25) is 0 Å². The number of hydrogen-bond acceptors (Lipinski definition) is 4. The molecule has 106 valence electrons. The first-order valence-corrected chi connectivity index (χ1v) is 7.42. The second kappa shape index (κ2) is 6.96. The molecule has 1 saturated heterocycles. The van der Waals surface area contributed by atoms with Crippen molar-refractivity contribution in [2.75, 3.05) is 32.7 Å². The molecule has 2 heterocycles. The van der Waals surface area contributed by atoms with E-state index in [2.05, 4.69) is 47.0 Å². The molecule has 2 rings (SSSR count). The van der Waals surface area contributed by atoms with Crippen LogP contribution in [-0.2, 0) is 6.42 Å². The third kappa shape index (κ3) is 4.55. The molecule has 0 aromatic carbocycles. The van der Waals surface area contributed by atoms with E-state index in [9.17, 15) is 0 Å². The fraction of sp³-hybridized carbons (Fsp3) is 0.733. The lowest BCUT2D eigenvalue weighted by molar-refractivity contribution is 0.238. The summed E-state index contributed by atoms with van der Waals surface area (Å²) in [4.78, 5) is 11.8. The van der Waals surface area contributed by atoms with Gasteiger partial charge in [-0.3, -0.25) is 0 Å². The monoisotopic (exact) mass is 262 g/mol. The van der Waals surface area contributed by atoms with Crippen molar-refractivity contribution < 1.29 is 0 Å². The van der Waals surface area contributed by atoms with Gasteiger partial charge in [0, 0.05) is 44.0 Å². The average molecular weight is 262 g/mol. The number of nitrogens with one attached hydrogen (secondary N) is 1. The molecule has 0 amide bonds. The van der Waals surface area contributed by atoms with E-state index in [1.807, 2.05) is 0 Å². The molecule has 0 radical (unpaired) electrons. The van der Waals surface area contributed by atoms with E-state index >= 15 is 0 Å². The molecular weight excluding hydrogens is 236 g/mol. The number of nitrogens with zero attached hydrogens (tertiary/aromatic N) is 3. The van der Waals surface area contributed by atoms with Gasteiger partial charge in [-0.2, -0.15) is 0 Å². The Kier molecular flexibility index (Phi) is 5.28. The molecule has 4 heteroatoms. The highest BCUT2D eigenvalue weighted by Gasteiger charge is 2.10. The average Bonchev–Trinajstić information content (AvgIpc) is 2.39. The lowest BCUT2D eigenvalue weighted by Gasteiger charge is -2.26. The summed E-state index contributed by atoms with van der Waals surface area (Å²) in [6, 6.07) is 2.10. The molecule has 0 bridgehead atoms. The highest BCUT2D eigenvalue weighted by atomic mass is 15.2. The Morgan fingerprint density at radius 3 is 2.68 bits per heavy atom. The van der Waals surface area contributed by atoms with E-state index in [0.29, 0.717) is 5.92 Å². The van der Waals surface area contributed by atoms with Crippen LogP contribution in [0.25, 0.3) is 0 Å². The molecule has 0 saturated carbocycles. The number of hydrogen-bond donors (Lipinski definition) is 1. The summed E-state index contributed by atoms with van der Waals surface area (Å²) >= 11 is 0. The van der Waals surface area contributed by atoms with Crippen molar-refractivity contribution in [2.45, 2.75) is 39.5 Å². The van der Waals surface area contributed by atoms with Gasteiger partial charge >= 0.3 is 0 Å². The predicted octanol–water partition coefficient (Wildman–Crippen LogP) is 1.75. The van der Waals surface area contributed by atoms with Crippen molar-refractivity contribution >= 4 is 0 Å². The molecule has 4 nitrogen and oxygen atoms in total. The quantitative estimate of drug-likeness (QED) is 0.877. The largest absolute Gasteiger partial charge is 0.314 e. The molecule has 1 aromatic heterocycles. The van der Waals surface area contributed by atoms with E-state index in [1.165, 1.54) is 18.8 Å². The van der Waals surface area contributed by atoms with Gasteiger partial charge in [-0.1, -0.05) is 13.8 Å². The molecule has 0 aliphatic carbocycles. The van der Waals surface area contributed by atoms with Gasteiger partial charge in [0.1, 0.15) is 5.82 Å². The summed E-state index contributed by atoms with van der Waals surface area (Å²) in [5.74, 6) is 1.49. The minimum absolute atomic E-state index is 0.480. The van der Waals surface area contributed by atoms with E-state index in [4.69, 9.17) is 0 Å². The number of aromatic nitrogens is 2. The van der Waals surface area contributed by atoms with Crippen LogP contribution in [0.15, 0.2) is 6.07 Å². The van der Waals surface area contributed by atoms with Gasteiger partial charge < -0.3 is 10.2 Å². The zero-order valence-corrected chi connectivity index (χ0v) is 12.4. The zero-order valence-electron chi connectivity index (χ0n) is 12.4. The van der Waals surface area contributed by atoms with Gasteiger partial charge in [0.25, 0.3) is 0 Å². The van der Waals surface area contributed by atoms with E-state index in [0.717, 1.165) is 44.0 Å². The Morgan fingerprint density at radius 1 is 1.26 bits per heavy atom. The Bertz CT molecular complexity index is 397. The topological polar surface area (TPSA) is 41.1 Å². The van der Waals surface area contributed by atoms with Crippen LogP contribution in [0.1, 0.15) is 43.4 Å². The standard InChI is InChI=1S/C15H26N4/c1-12(2)14-11-13(3)17-15(18-14)5-4-8-19-9-6-16-7-10-19/h11-12,16H,4-10H2,1-3H3. The second-order valence-corrected chi connectivity index (χ2v) is 5.70. The minimum atomic E-state index is 0.480. The molecule has 1 fully saturated rings. The number of aryl methyl sites for hydroxylation is 2. The van der Waals surface area contributed by atoms with Gasteiger partial charge in [-0.25, -0.2) is 9.97 Å². The van der Waals surface area contributed by atoms with Gasteiger partial charge in [-0.05, 0) is 31.9 Å². The van der Waals surface area contributed by atoms with Crippen molar-refractivity contribution in [1.29, 1.82) is 0 Å². The molecular formula is C15H26N4. The molecule has 19 heavy (non-hydrogen) atoms. The maximum absolute atomic E-state index is 4.67. The molecule has 1 aliphatic rings. The van der Waals surface area contributed by atoms with Gasteiger partial charge in [0.05, 0.1) is 0 Å². The Hall–Kier alpha value is -1.00. The summed E-state index contributed by atoms with van der Waals surface area (Å²) in [7, 11) is 0. The van der Waals surface area contributed by atoms with E-state index in [-0.39, 0.29) is 0 Å². The molecule has 1 aliphatic heterocycles. The Labute approximate surface area is 116 Å². The van der Waals surface area contributed by atoms with Crippen molar-refractivity contribution in [1.82, 2.24) is 20.2 Å². The predicted molar refractivity (Wildman–Crippen MR) is 78.5 cm³/mol. The molecule has 1 N–H and O–H groups in total. The Morgan fingerprint density at radius 2 is 2.00 bits per heavy atom. The SMILES string of the molecule is Cc1cc(C(C)C)nc(CCCN2CCNCC2)n1. The van der Waals surface area contributed by atoms with Crippen molar-refractivity contribution in [3.8, 4) is 0 Å². The fourth-order valence-electron chi connectivity index (χ4n) is 2.46. The smallest absolute Gasteiger partial charge is 0.128 e. The second-order valence-electron chi connectivity index (χ2n) is 5.70. The van der Waals surface area contributed by atoms with Gasteiger partial charge in [-0.15, -0.1) is 0 Å². The third-order valence-electron chi connectivity index (χ3n) is 3.60. The first-order chi connectivity index (χ1) is 9.15. The maximum Gasteiger partial charge on any atom is 0.128 e. The summed E-state index contributed by atoms with van der Waals surface area (Å²) < 4.78 is 0. The Balaban J connectivity index is 1.84. The summed E-state index contributed by atoms with van der Waals surface area (Å²) in [6.07, 6.45) is 2.15. The summed E-state index contributed by atoms with van der Waals surface area (Å²) in [5, 5.41) is 3.38. The summed E-state index contributed by atoms with van der Waals surface area (Å²) in [5.41, 5.74) is 2.26. The third-order valence-corrected chi connectivity index (χ3v) is 3.60. The van der Waals surface area contributed by atoms with Crippen LogP contribution in [0.4, 0.5) is 0 Å². The van der Waals surface area contributed by atoms with Gasteiger partial charge in [0.15, 0.2) is 0 Å². The highest BCUT2D eigenvalue weighted by Crippen LogP contribution is 2.13. The minimum Gasteiger partial charge on any atom is -0.314 e. The van der Waals surface area contributed by atoms with Crippen LogP contribution in [0.2, 0.25) is 0 Å². The maximum atomic E-state index is 4.67. The van der Waals surface area contributed by atoms with Crippen molar-refractivity contribution in [3.63, 3.8) is 0 Å². The van der Waals surface area contributed by atoms with Crippen LogP contribution in [0.5, 0.6) is 0 Å². The fourth-order valence-corrected chi connectivity index (χ4v) is 2.46.